The van der Waals surface area contributed by atoms with Crippen molar-refractivity contribution in [2.45, 2.75) is 6.92 Å². The first kappa shape index (κ1) is 10.3. The zero-order valence-corrected chi connectivity index (χ0v) is 8.46. The molecule has 14 heavy (non-hydrogen) atoms. The molecule has 1 N–H and O–H groups in total. The van der Waals surface area contributed by atoms with Gasteiger partial charge < -0.3 is 5.32 Å². The van der Waals surface area contributed by atoms with E-state index in [-0.39, 0.29) is 0 Å². The fourth-order valence-electron chi connectivity index (χ4n) is 1.05. The van der Waals surface area contributed by atoms with Gasteiger partial charge in [-0.2, -0.15) is 0 Å². The lowest BCUT2D eigenvalue weighted by Gasteiger charge is -2.05. The third-order valence-corrected chi connectivity index (χ3v) is 1.79. The second kappa shape index (κ2) is 5.07. The van der Waals surface area contributed by atoms with Crippen LogP contribution >= 0.6 is 0 Å². The Labute approximate surface area is 85.5 Å². The van der Waals surface area contributed by atoms with Crippen molar-refractivity contribution in [3.63, 3.8) is 0 Å². The van der Waals surface area contributed by atoms with Crippen LogP contribution < -0.4 is 5.32 Å². The monoisotopic (exact) mass is 185 g/mol. The first-order valence-corrected chi connectivity index (χ1v) is 4.54. The molecule has 1 nitrogen and oxygen atoms in total. The Morgan fingerprint density at radius 3 is 2.50 bits per heavy atom. The summed E-state index contributed by atoms with van der Waals surface area (Å²) in [4.78, 5) is 0. The topological polar surface area (TPSA) is 12.0 Å². The lowest BCUT2D eigenvalue weighted by Crippen LogP contribution is -1.94. The summed E-state index contributed by atoms with van der Waals surface area (Å²) in [5.41, 5.74) is 3.16. The zero-order valence-electron chi connectivity index (χ0n) is 8.46. The maximum Gasteiger partial charge on any atom is 0.0384 e. The van der Waals surface area contributed by atoms with Gasteiger partial charge >= 0.3 is 0 Å². The van der Waals surface area contributed by atoms with E-state index in [1.54, 1.807) is 6.08 Å². The minimum atomic E-state index is 0.855. The Hall–Kier alpha value is -1.76. The molecule has 1 rings (SSSR count). The lowest BCUT2D eigenvalue weighted by atomic mass is 10.2. The standard InChI is InChI=1S/C13H15N/c1-4-5-6-12(3)14-13-9-7-11(2)8-10-13/h4-10,14H,1,3H2,2H3/b6-5-. The number of rotatable bonds is 4. The van der Waals surface area contributed by atoms with Crippen LogP contribution in [0.1, 0.15) is 5.56 Å². The molecule has 0 aromatic heterocycles. The first-order valence-electron chi connectivity index (χ1n) is 4.54. The molecule has 0 saturated carbocycles. The number of allylic oxidation sites excluding steroid dienone is 3. The fraction of sp³-hybridized carbons (Fsp3) is 0.0769. The Bertz CT molecular complexity index is 344. The molecule has 0 radical (unpaired) electrons. The summed E-state index contributed by atoms with van der Waals surface area (Å²) in [6, 6.07) is 8.18. The van der Waals surface area contributed by atoms with Crippen molar-refractivity contribution in [2.24, 2.45) is 0 Å². The molecule has 0 atom stereocenters. The Morgan fingerprint density at radius 1 is 1.29 bits per heavy atom. The predicted molar refractivity (Wildman–Crippen MR) is 63.3 cm³/mol. The van der Waals surface area contributed by atoms with Crippen LogP contribution in [0.2, 0.25) is 0 Å². The van der Waals surface area contributed by atoms with Crippen LogP contribution in [0, 0.1) is 6.92 Å². The van der Waals surface area contributed by atoms with Gasteiger partial charge in [-0.15, -0.1) is 0 Å². The molecule has 0 bridgehead atoms. The first-order chi connectivity index (χ1) is 6.72. The molecule has 0 fully saturated rings. The minimum Gasteiger partial charge on any atom is -0.356 e. The molecule has 72 valence electrons. The van der Waals surface area contributed by atoms with Gasteiger partial charge in [-0.3, -0.25) is 0 Å². The molecule has 0 amide bonds. The second-order valence-electron chi connectivity index (χ2n) is 3.11. The van der Waals surface area contributed by atoms with Crippen molar-refractivity contribution in [3.05, 3.63) is 66.9 Å². The van der Waals surface area contributed by atoms with Gasteiger partial charge in [-0.05, 0) is 25.1 Å². The molecular formula is C13H15N. The lowest BCUT2D eigenvalue weighted by molar-refractivity contribution is 1.43. The van der Waals surface area contributed by atoms with Gasteiger partial charge in [0.05, 0.1) is 0 Å². The van der Waals surface area contributed by atoms with Gasteiger partial charge in [-0.25, -0.2) is 0 Å². The summed E-state index contributed by atoms with van der Waals surface area (Å²) >= 11 is 0. The van der Waals surface area contributed by atoms with E-state index in [1.807, 2.05) is 24.3 Å². The van der Waals surface area contributed by atoms with Crippen molar-refractivity contribution in [1.29, 1.82) is 0 Å². The van der Waals surface area contributed by atoms with Crippen molar-refractivity contribution < 1.29 is 0 Å². The smallest absolute Gasteiger partial charge is 0.0384 e. The summed E-state index contributed by atoms with van der Waals surface area (Å²) in [6.45, 7) is 9.53. The van der Waals surface area contributed by atoms with Crippen LogP contribution in [0.25, 0.3) is 0 Å². The van der Waals surface area contributed by atoms with E-state index in [0.717, 1.165) is 11.4 Å². The highest BCUT2D eigenvalue weighted by atomic mass is 14.9. The number of benzene rings is 1. The number of anilines is 1. The Balaban J connectivity index is 2.60. The van der Waals surface area contributed by atoms with Gasteiger partial charge in [0.1, 0.15) is 0 Å². The van der Waals surface area contributed by atoms with Crippen LogP contribution in [0.3, 0.4) is 0 Å². The molecule has 0 unspecified atom stereocenters. The largest absolute Gasteiger partial charge is 0.356 e. The van der Waals surface area contributed by atoms with Crippen LogP contribution in [-0.2, 0) is 0 Å². The van der Waals surface area contributed by atoms with Gasteiger partial charge in [0.15, 0.2) is 0 Å². The highest BCUT2D eigenvalue weighted by Crippen LogP contribution is 2.10. The molecule has 0 aliphatic heterocycles. The summed E-state index contributed by atoms with van der Waals surface area (Å²) in [7, 11) is 0. The number of aryl methyl sites for hydroxylation is 1. The highest BCUT2D eigenvalue weighted by molar-refractivity contribution is 5.50. The molecule has 1 heteroatoms. The van der Waals surface area contributed by atoms with E-state index >= 15 is 0 Å². The molecular weight excluding hydrogens is 170 g/mol. The van der Waals surface area contributed by atoms with Crippen LogP contribution in [0.15, 0.2) is 61.3 Å². The molecule has 0 aliphatic rings. The van der Waals surface area contributed by atoms with Gasteiger partial charge in [0.2, 0.25) is 0 Å². The molecule has 0 heterocycles. The van der Waals surface area contributed by atoms with Crippen LogP contribution in [0.4, 0.5) is 5.69 Å². The Morgan fingerprint density at radius 2 is 1.93 bits per heavy atom. The maximum atomic E-state index is 3.86. The van der Waals surface area contributed by atoms with Crippen LogP contribution in [-0.4, -0.2) is 0 Å². The van der Waals surface area contributed by atoms with E-state index in [1.165, 1.54) is 5.56 Å². The Kier molecular flexibility index (Phi) is 3.74. The average molecular weight is 185 g/mol. The maximum absolute atomic E-state index is 3.86. The molecule has 0 spiro atoms. The van der Waals surface area contributed by atoms with Gasteiger partial charge in [0, 0.05) is 11.4 Å². The van der Waals surface area contributed by atoms with E-state index in [2.05, 4.69) is 37.5 Å². The van der Waals surface area contributed by atoms with Gasteiger partial charge in [0.25, 0.3) is 0 Å². The highest BCUT2D eigenvalue weighted by Gasteiger charge is 1.90. The third kappa shape index (κ3) is 3.31. The normalized spacial score (nSPS) is 10.1. The number of nitrogens with one attached hydrogen (secondary N) is 1. The number of hydrogen-bond donors (Lipinski definition) is 1. The van der Waals surface area contributed by atoms with Crippen molar-refractivity contribution in [3.8, 4) is 0 Å². The SMILES string of the molecule is C=C/C=C\C(=C)Nc1ccc(C)cc1. The fourth-order valence-corrected chi connectivity index (χ4v) is 1.05. The summed E-state index contributed by atoms with van der Waals surface area (Å²) in [5, 5.41) is 3.17. The van der Waals surface area contributed by atoms with E-state index < -0.39 is 0 Å². The molecule has 1 aromatic carbocycles. The van der Waals surface area contributed by atoms with Gasteiger partial charge in [-0.1, -0.05) is 43.0 Å². The van der Waals surface area contributed by atoms with E-state index in [0.29, 0.717) is 0 Å². The van der Waals surface area contributed by atoms with Crippen molar-refractivity contribution in [1.82, 2.24) is 0 Å². The number of hydrogen-bond acceptors (Lipinski definition) is 1. The summed E-state index contributed by atoms with van der Waals surface area (Å²) in [6.07, 6.45) is 5.46. The predicted octanol–water partition coefficient (Wildman–Crippen LogP) is 3.66. The average Bonchev–Trinajstić information content (AvgIpc) is 2.18. The summed E-state index contributed by atoms with van der Waals surface area (Å²) in [5.74, 6) is 0. The van der Waals surface area contributed by atoms with E-state index in [9.17, 15) is 0 Å². The molecule has 0 aliphatic carbocycles. The third-order valence-electron chi connectivity index (χ3n) is 1.79. The second-order valence-corrected chi connectivity index (χ2v) is 3.11. The van der Waals surface area contributed by atoms with Crippen molar-refractivity contribution in [2.75, 3.05) is 5.32 Å². The molecule has 0 saturated heterocycles. The molecule has 1 aromatic rings. The minimum absolute atomic E-state index is 0.855. The quantitative estimate of drug-likeness (QED) is 0.706. The van der Waals surface area contributed by atoms with E-state index in [4.69, 9.17) is 0 Å². The van der Waals surface area contributed by atoms with Crippen LogP contribution in [0.5, 0.6) is 0 Å². The summed E-state index contributed by atoms with van der Waals surface area (Å²) < 4.78 is 0. The van der Waals surface area contributed by atoms with Crippen molar-refractivity contribution >= 4 is 5.69 Å². The zero-order chi connectivity index (χ0) is 10.4.